The summed E-state index contributed by atoms with van der Waals surface area (Å²) in [5, 5.41) is 4.65. The quantitative estimate of drug-likeness (QED) is 0.732. The van der Waals surface area contributed by atoms with E-state index in [0.717, 1.165) is 30.4 Å². The fraction of sp³-hybridized carbons (Fsp3) is 0.727. The van der Waals surface area contributed by atoms with Crippen LogP contribution in [0.4, 0.5) is 0 Å². The molecule has 1 saturated carbocycles. The third-order valence-corrected chi connectivity index (χ3v) is 6.51. The number of rotatable bonds is 6. The molecule has 1 atom stereocenters. The molecule has 0 bridgehead atoms. The lowest BCUT2D eigenvalue weighted by atomic mass is 9.97. The molecule has 27 heavy (non-hydrogen) atoms. The van der Waals surface area contributed by atoms with Crippen LogP contribution in [0.5, 0.6) is 0 Å². The van der Waals surface area contributed by atoms with Gasteiger partial charge in [0.2, 0.25) is 0 Å². The van der Waals surface area contributed by atoms with Gasteiger partial charge in [-0.2, -0.15) is 0 Å². The molecule has 1 N–H and O–H groups in total. The van der Waals surface area contributed by atoms with Gasteiger partial charge in [-0.3, -0.25) is 9.88 Å². The second-order valence-electron chi connectivity index (χ2n) is 8.12. The minimum absolute atomic E-state index is 0.537. The number of hydrogen-bond donors (Lipinski definition) is 1. The molecule has 2 aliphatic rings. The van der Waals surface area contributed by atoms with E-state index in [9.17, 15) is 0 Å². The molecule has 5 heteroatoms. The van der Waals surface area contributed by atoms with E-state index in [0.29, 0.717) is 12.1 Å². The van der Waals surface area contributed by atoms with Crippen LogP contribution >= 0.6 is 12.2 Å². The summed E-state index contributed by atoms with van der Waals surface area (Å²) < 4.78 is 0. The van der Waals surface area contributed by atoms with Crippen molar-refractivity contribution in [3.63, 3.8) is 0 Å². The third-order valence-electron chi connectivity index (χ3n) is 6.14. The first kappa shape index (κ1) is 20.5. The van der Waals surface area contributed by atoms with Crippen LogP contribution in [0, 0.1) is 0 Å². The van der Waals surface area contributed by atoms with E-state index in [-0.39, 0.29) is 0 Å². The minimum atomic E-state index is 0.537. The highest BCUT2D eigenvalue weighted by molar-refractivity contribution is 7.80. The van der Waals surface area contributed by atoms with Crippen LogP contribution in [0.3, 0.4) is 0 Å². The highest BCUT2D eigenvalue weighted by Crippen LogP contribution is 2.20. The highest BCUT2D eigenvalue weighted by Gasteiger charge is 2.27. The Hall–Kier alpha value is -1.20. The molecule has 0 aromatic carbocycles. The van der Waals surface area contributed by atoms with E-state index in [1.165, 1.54) is 64.3 Å². The number of likely N-dealkylation sites (tertiary alicyclic amines) is 1. The van der Waals surface area contributed by atoms with Gasteiger partial charge in [-0.05, 0) is 63.1 Å². The number of hydrogen-bond acceptors (Lipinski definition) is 3. The zero-order chi connectivity index (χ0) is 18.9. The molecular formula is C22H36N4S. The molecule has 3 rings (SSSR count). The topological polar surface area (TPSA) is 31.4 Å². The zero-order valence-corrected chi connectivity index (χ0v) is 17.7. The molecule has 2 heterocycles. The number of pyridine rings is 1. The molecule has 1 saturated heterocycles. The van der Waals surface area contributed by atoms with Crippen LogP contribution in [0.15, 0.2) is 24.4 Å². The predicted octanol–water partition coefficient (Wildman–Crippen LogP) is 4.36. The first-order valence-electron chi connectivity index (χ1n) is 11.0. The van der Waals surface area contributed by atoms with Gasteiger partial charge < -0.3 is 10.2 Å². The third kappa shape index (κ3) is 6.42. The van der Waals surface area contributed by atoms with Crippen molar-refractivity contribution in [1.29, 1.82) is 0 Å². The molecule has 1 aliphatic heterocycles. The van der Waals surface area contributed by atoms with Gasteiger partial charge in [0, 0.05) is 24.8 Å². The Bertz CT molecular complexity index is 557. The number of nitrogens with zero attached hydrogens (tertiary/aromatic N) is 3. The maximum atomic E-state index is 5.91. The second-order valence-corrected chi connectivity index (χ2v) is 8.50. The second kappa shape index (κ2) is 11.0. The number of nitrogens with one attached hydrogen (secondary N) is 1. The van der Waals surface area contributed by atoms with Crippen molar-refractivity contribution in [2.75, 3.05) is 19.6 Å². The molecule has 1 aliphatic carbocycles. The predicted molar refractivity (Wildman–Crippen MR) is 117 cm³/mol. The van der Waals surface area contributed by atoms with E-state index in [1.807, 2.05) is 12.3 Å². The standard InChI is InChI=1S/C22H36N4S/c1-2-25-16-10-14-21(25)18-26(17-20-13-8-9-15-23-20)22(27)24-19-11-6-4-3-5-7-12-19/h8-9,13,15,19,21H,2-7,10-12,14,16-18H2,1H3,(H,24,27). The summed E-state index contributed by atoms with van der Waals surface area (Å²) in [7, 11) is 0. The summed E-state index contributed by atoms with van der Waals surface area (Å²) in [4.78, 5) is 9.52. The van der Waals surface area contributed by atoms with Gasteiger partial charge in [-0.1, -0.05) is 45.1 Å². The van der Waals surface area contributed by atoms with Gasteiger partial charge in [0.15, 0.2) is 5.11 Å². The lowest BCUT2D eigenvalue weighted by molar-refractivity contribution is 0.217. The van der Waals surface area contributed by atoms with Gasteiger partial charge in [0.05, 0.1) is 12.2 Å². The SMILES string of the molecule is CCN1CCCC1CN(Cc1ccccn1)C(=S)NC1CCCCCCC1. The smallest absolute Gasteiger partial charge is 0.169 e. The highest BCUT2D eigenvalue weighted by atomic mass is 32.1. The summed E-state index contributed by atoms with van der Waals surface area (Å²) in [5.74, 6) is 0. The van der Waals surface area contributed by atoms with Crippen LogP contribution in [0.1, 0.15) is 70.4 Å². The molecular weight excluding hydrogens is 352 g/mol. The molecule has 0 amide bonds. The van der Waals surface area contributed by atoms with Crippen molar-refractivity contribution >= 4 is 17.3 Å². The van der Waals surface area contributed by atoms with E-state index < -0.39 is 0 Å². The van der Waals surface area contributed by atoms with E-state index >= 15 is 0 Å². The summed E-state index contributed by atoms with van der Waals surface area (Å²) in [6.45, 7) is 6.43. The molecule has 2 fully saturated rings. The van der Waals surface area contributed by atoms with Gasteiger partial charge in [0.25, 0.3) is 0 Å². The van der Waals surface area contributed by atoms with Crippen molar-refractivity contribution in [2.24, 2.45) is 0 Å². The van der Waals surface area contributed by atoms with Crippen LogP contribution in [0.25, 0.3) is 0 Å². The summed E-state index contributed by atoms with van der Waals surface area (Å²) in [6, 6.07) is 7.30. The van der Waals surface area contributed by atoms with Gasteiger partial charge in [-0.15, -0.1) is 0 Å². The van der Waals surface area contributed by atoms with Crippen molar-refractivity contribution in [2.45, 2.75) is 83.3 Å². The maximum absolute atomic E-state index is 5.91. The summed E-state index contributed by atoms with van der Waals surface area (Å²) >= 11 is 5.91. The fourth-order valence-electron chi connectivity index (χ4n) is 4.55. The number of thiocarbonyl (C=S) groups is 1. The van der Waals surface area contributed by atoms with E-state index in [4.69, 9.17) is 12.2 Å². The Labute approximate surface area is 170 Å². The molecule has 4 nitrogen and oxygen atoms in total. The maximum Gasteiger partial charge on any atom is 0.169 e. The van der Waals surface area contributed by atoms with Crippen molar-refractivity contribution in [1.82, 2.24) is 20.1 Å². The van der Waals surface area contributed by atoms with Gasteiger partial charge in [0.1, 0.15) is 0 Å². The average Bonchev–Trinajstić information content (AvgIpc) is 3.11. The minimum Gasteiger partial charge on any atom is -0.360 e. The van der Waals surface area contributed by atoms with Crippen molar-refractivity contribution in [3.8, 4) is 0 Å². The van der Waals surface area contributed by atoms with Crippen LogP contribution in [-0.4, -0.2) is 51.6 Å². The lowest BCUT2D eigenvalue weighted by Crippen LogP contribution is -2.49. The number of likely N-dealkylation sites (N-methyl/N-ethyl adjacent to an activating group) is 1. The zero-order valence-electron chi connectivity index (χ0n) is 16.9. The molecule has 0 radical (unpaired) electrons. The first-order chi connectivity index (χ1) is 13.3. The van der Waals surface area contributed by atoms with Gasteiger partial charge >= 0.3 is 0 Å². The molecule has 1 aromatic heterocycles. The normalized spacial score (nSPS) is 22.2. The van der Waals surface area contributed by atoms with Crippen LogP contribution in [0.2, 0.25) is 0 Å². The average molecular weight is 389 g/mol. The number of aromatic nitrogens is 1. The van der Waals surface area contributed by atoms with E-state index in [1.54, 1.807) is 0 Å². The Morgan fingerprint density at radius 1 is 1.15 bits per heavy atom. The largest absolute Gasteiger partial charge is 0.360 e. The Kier molecular flexibility index (Phi) is 8.34. The molecule has 150 valence electrons. The van der Waals surface area contributed by atoms with Crippen LogP contribution in [-0.2, 0) is 6.54 Å². The van der Waals surface area contributed by atoms with Crippen molar-refractivity contribution in [3.05, 3.63) is 30.1 Å². The van der Waals surface area contributed by atoms with Crippen molar-refractivity contribution < 1.29 is 0 Å². The Balaban J connectivity index is 1.64. The van der Waals surface area contributed by atoms with Crippen LogP contribution < -0.4 is 5.32 Å². The lowest BCUT2D eigenvalue weighted by Gasteiger charge is -2.34. The fourth-order valence-corrected chi connectivity index (χ4v) is 4.85. The molecule has 1 unspecified atom stereocenters. The Morgan fingerprint density at radius 3 is 2.63 bits per heavy atom. The molecule has 0 spiro atoms. The first-order valence-corrected chi connectivity index (χ1v) is 11.4. The molecule has 1 aromatic rings. The van der Waals surface area contributed by atoms with Gasteiger partial charge in [-0.25, -0.2) is 0 Å². The monoisotopic (exact) mass is 388 g/mol. The summed E-state index contributed by atoms with van der Waals surface area (Å²) in [5.41, 5.74) is 1.10. The van der Waals surface area contributed by atoms with E-state index in [2.05, 4.69) is 39.2 Å². The summed E-state index contributed by atoms with van der Waals surface area (Å²) in [6.07, 6.45) is 13.8. The Morgan fingerprint density at radius 2 is 1.93 bits per heavy atom.